The van der Waals surface area contributed by atoms with Crippen molar-refractivity contribution in [1.82, 2.24) is 14.9 Å². The van der Waals surface area contributed by atoms with Crippen LogP contribution in [0.15, 0.2) is 90.2 Å². The van der Waals surface area contributed by atoms with Crippen molar-refractivity contribution in [2.24, 2.45) is 10.8 Å². The van der Waals surface area contributed by atoms with Gasteiger partial charge in [-0.15, -0.1) is 11.6 Å². The molecule has 2 unspecified atom stereocenters. The van der Waals surface area contributed by atoms with Gasteiger partial charge in [-0.25, -0.2) is 10.6 Å². The van der Waals surface area contributed by atoms with Crippen molar-refractivity contribution in [2.75, 3.05) is 19.7 Å². The van der Waals surface area contributed by atoms with Gasteiger partial charge in [-0.05, 0) is 69.7 Å². The number of aromatic nitrogens is 1. The summed E-state index contributed by atoms with van der Waals surface area (Å²) in [5.41, 5.74) is 3.27. The number of rotatable bonds is 13. The largest absolute Gasteiger partial charge is 0.492 e. The zero-order chi connectivity index (χ0) is 29.8. The number of hydrogen-bond donors (Lipinski definition) is 2. The average molecular weight is 578 g/mol. The minimum Gasteiger partial charge on any atom is -0.492 e. The Hall–Kier alpha value is -4.01. The lowest BCUT2D eigenvalue weighted by Crippen LogP contribution is -2.41. The number of halogens is 1. The number of hydrazine groups is 1. The highest BCUT2D eigenvalue weighted by Gasteiger charge is 2.34. The van der Waals surface area contributed by atoms with Crippen LogP contribution >= 0.6 is 11.6 Å². The van der Waals surface area contributed by atoms with Gasteiger partial charge in [0.15, 0.2) is 0 Å². The molecule has 218 valence electrons. The summed E-state index contributed by atoms with van der Waals surface area (Å²) in [5, 5.41) is 3.60. The summed E-state index contributed by atoms with van der Waals surface area (Å²) in [5.74, 6) is 6.90. The minimum atomic E-state index is -0.429. The van der Waals surface area contributed by atoms with Crippen molar-refractivity contribution >= 4 is 36.6 Å². The van der Waals surface area contributed by atoms with Crippen molar-refractivity contribution in [2.45, 2.75) is 44.5 Å². The molecule has 2 aliphatic rings. The van der Waals surface area contributed by atoms with Crippen molar-refractivity contribution in [1.29, 1.82) is 0 Å². The van der Waals surface area contributed by atoms with E-state index in [2.05, 4.69) is 42.0 Å². The molecule has 8 nitrogen and oxygen atoms in total. The van der Waals surface area contributed by atoms with Crippen LogP contribution in [0.1, 0.15) is 44.0 Å². The van der Waals surface area contributed by atoms with Gasteiger partial charge in [0.05, 0.1) is 18.0 Å². The number of carbonyl (C=O) groups is 1. The fraction of sp³-hybridized carbons (Fsp3) is 0.312. The first-order valence-corrected chi connectivity index (χ1v) is 14.0. The minimum absolute atomic E-state index is 0.0455. The molecular formula is C32H40ClN5O3. The fourth-order valence-corrected chi connectivity index (χ4v) is 4.81. The van der Waals surface area contributed by atoms with E-state index in [-0.39, 0.29) is 11.4 Å². The number of amides is 1. The maximum absolute atomic E-state index is 13.4. The molecule has 41 heavy (non-hydrogen) atoms. The SMILES string of the molecule is C=C/C=C(\C=C/CC1c2[nH]c3c(c2CCN1C(=O)O/C(C=C)=C/C=C(C)C)=CC(Cl)CC=3)OCCN(N)/C=C\N=C. The van der Waals surface area contributed by atoms with E-state index in [9.17, 15) is 4.79 Å². The first kappa shape index (κ1) is 31.5. The molecule has 0 aromatic carbocycles. The molecule has 0 radical (unpaired) electrons. The number of ether oxygens (including phenoxy) is 2. The summed E-state index contributed by atoms with van der Waals surface area (Å²) in [6, 6.07) is -0.278. The monoisotopic (exact) mass is 577 g/mol. The Bertz CT molecular complexity index is 1390. The van der Waals surface area contributed by atoms with Crippen LogP contribution in [-0.4, -0.2) is 52.8 Å². The summed E-state index contributed by atoms with van der Waals surface area (Å²) in [7, 11) is 0. The highest BCUT2D eigenvalue weighted by atomic mass is 35.5. The molecule has 0 fully saturated rings. The zero-order valence-electron chi connectivity index (χ0n) is 23.9. The summed E-state index contributed by atoms with van der Waals surface area (Å²) < 4.78 is 11.6. The van der Waals surface area contributed by atoms with Crippen LogP contribution in [0, 0.1) is 0 Å². The number of aliphatic imine (C=N–C) groups is 1. The number of fused-ring (bicyclic) bond motifs is 3. The standard InChI is InChI=1S/C32H40ClN5O3/c1-6-9-26(40-21-20-37(34)19-17-35-5)10-8-11-30-31-27(28-22-24(33)13-15-29(28)36-31)16-18-38(30)32(39)41-25(7-2)14-12-23(3)4/h6-10,12,14-15,17,19,22,24,30,36H,1-2,5,11,13,16,18,20-21,34H2,3-4H3/b10-8-,19-17-,25-14+,26-9+. The number of nitrogens with zero attached hydrogens (tertiary/aromatic N) is 3. The van der Waals surface area contributed by atoms with Gasteiger partial charge in [-0.2, -0.15) is 0 Å². The van der Waals surface area contributed by atoms with Crippen LogP contribution in [0.4, 0.5) is 4.79 Å². The van der Waals surface area contributed by atoms with Crippen molar-refractivity contribution in [3.63, 3.8) is 0 Å². The van der Waals surface area contributed by atoms with Gasteiger partial charge >= 0.3 is 6.09 Å². The molecule has 1 aliphatic carbocycles. The van der Waals surface area contributed by atoms with E-state index in [1.54, 1.807) is 29.3 Å². The van der Waals surface area contributed by atoms with E-state index in [4.69, 9.17) is 26.9 Å². The number of H-pyrrole nitrogens is 1. The number of hydrogen-bond acceptors (Lipinski definition) is 6. The van der Waals surface area contributed by atoms with Crippen molar-refractivity contribution < 1.29 is 14.3 Å². The molecule has 0 saturated heterocycles. The van der Waals surface area contributed by atoms with E-state index in [1.165, 1.54) is 22.8 Å². The Morgan fingerprint density at radius 1 is 1.29 bits per heavy atom. The molecule has 1 amide bonds. The van der Waals surface area contributed by atoms with Gasteiger partial charge in [-0.1, -0.05) is 49.1 Å². The Labute approximate surface area is 247 Å². The smallest absolute Gasteiger partial charge is 0.415 e. The van der Waals surface area contributed by atoms with Gasteiger partial charge < -0.3 is 19.5 Å². The first-order valence-electron chi connectivity index (χ1n) is 13.6. The quantitative estimate of drug-likeness (QED) is 0.0855. The van der Waals surface area contributed by atoms with Gasteiger partial charge in [0.25, 0.3) is 0 Å². The molecule has 2 atom stereocenters. The third-order valence-electron chi connectivity index (χ3n) is 6.54. The highest BCUT2D eigenvalue weighted by molar-refractivity contribution is 6.24. The lowest BCUT2D eigenvalue weighted by atomic mass is 9.95. The molecule has 0 spiro atoms. The Morgan fingerprint density at radius 2 is 2.10 bits per heavy atom. The van der Waals surface area contributed by atoms with Gasteiger partial charge in [0, 0.05) is 35.2 Å². The Morgan fingerprint density at radius 3 is 2.80 bits per heavy atom. The molecule has 1 aromatic heterocycles. The predicted molar refractivity (Wildman–Crippen MR) is 168 cm³/mol. The maximum atomic E-state index is 13.4. The molecule has 9 heteroatoms. The number of allylic oxidation sites excluding steroid dienone is 7. The molecule has 1 aliphatic heterocycles. The molecule has 0 bridgehead atoms. The fourth-order valence-electron chi connectivity index (χ4n) is 4.60. The molecule has 2 heterocycles. The van der Waals surface area contributed by atoms with Gasteiger partial charge in [-0.3, -0.25) is 9.89 Å². The van der Waals surface area contributed by atoms with Crippen LogP contribution in [-0.2, 0) is 15.9 Å². The van der Waals surface area contributed by atoms with Gasteiger partial charge in [0.1, 0.15) is 18.1 Å². The molecular weight excluding hydrogens is 538 g/mol. The van der Waals surface area contributed by atoms with E-state index < -0.39 is 6.09 Å². The predicted octanol–water partition coefficient (Wildman–Crippen LogP) is 5.04. The lowest BCUT2D eigenvalue weighted by Gasteiger charge is -2.34. The van der Waals surface area contributed by atoms with E-state index in [1.807, 2.05) is 32.1 Å². The zero-order valence-corrected chi connectivity index (χ0v) is 24.6. The first-order chi connectivity index (χ1) is 19.8. The summed E-state index contributed by atoms with van der Waals surface area (Å²) in [4.78, 5) is 22.4. The second-order valence-corrected chi connectivity index (χ2v) is 10.4. The van der Waals surface area contributed by atoms with E-state index in [0.29, 0.717) is 44.1 Å². The second kappa shape index (κ2) is 15.7. The molecule has 3 rings (SSSR count). The Balaban J connectivity index is 1.85. The summed E-state index contributed by atoms with van der Waals surface area (Å²) >= 11 is 6.45. The summed E-state index contributed by atoms with van der Waals surface area (Å²) in [6.45, 7) is 16.2. The maximum Gasteiger partial charge on any atom is 0.415 e. The van der Waals surface area contributed by atoms with Crippen molar-refractivity contribution in [3.05, 3.63) is 107 Å². The normalized spacial score (nSPS) is 18.6. The number of carbonyl (C=O) groups excluding carboxylic acids is 1. The van der Waals surface area contributed by atoms with Crippen LogP contribution in [0.3, 0.4) is 0 Å². The number of nitrogens with two attached hydrogens (primary N) is 1. The van der Waals surface area contributed by atoms with Crippen LogP contribution < -0.4 is 16.4 Å². The number of aromatic amines is 1. The average Bonchev–Trinajstić information content (AvgIpc) is 3.32. The number of nitrogens with one attached hydrogen (secondary N) is 1. The van der Waals surface area contributed by atoms with Crippen LogP contribution in [0.2, 0.25) is 0 Å². The topological polar surface area (TPSA) is 96.2 Å². The number of alkyl halides is 1. The lowest BCUT2D eigenvalue weighted by molar-refractivity contribution is 0.107. The van der Waals surface area contributed by atoms with E-state index >= 15 is 0 Å². The Kier molecular flexibility index (Phi) is 12.1. The van der Waals surface area contributed by atoms with Crippen LogP contribution in [0.25, 0.3) is 12.2 Å². The summed E-state index contributed by atoms with van der Waals surface area (Å²) in [6.07, 6.45) is 21.4. The van der Waals surface area contributed by atoms with Crippen LogP contribution in [0.5, 0.6) is 0 Å². The van der Waals surface area contributed by atoms with Crippen molar-refractivity contribution in [3.8, 4) is 0 Å². The third kappa shape index (κ3) is 8.99. The second-order valence-electron chi connectivity index (χ2n) is 9.82. The molecule has 1 aromatic rings. The van der Waals surface area contributed by atoms with E-state index in [0.717, 1.165) is 28.3 Å². The highest BCUT2D eigenvalue weighted by Crippen LogP contribution is 2.31. The molecule has 3 N–H and O–H groups in total. The van der Waals surface area contributed by atoms with Gasteiger partial charge in [0.2, 0.25) is 0 Å². The third-order valence-corrected chi connectivity index (χ3v) is 6.85. The molecule has 0 saturated carbocycles.